The first-order valence-corrected chi connectivity index (χ1v) is 6.10. The van der Waals surface area contributed by atoms with Gasteiger partial charge in [-0.2, -0.15) is 0 Å². The second kappa shape index (κ2) is 3.07. The van der Waals surface area contributed by atoms with Crippen LogP contribution in [0, 0.1) is 0 Å². The Morgan fingerprint density at radius 1 is 1.29 bits per heavy atom. The van der Waals surface area contributed by atoms with Crippen molar-refractivity contribution in [2.75, 3.05) is 0 Å². The molecule has 5 heteroatoms. The minimum absolute atomic E-state index is 0.0606. The van der Waals surface area contributed by atoms with Crippen molar-refractivity contribution >= 4 is 17.8 Å². The molecule has 1 unspecified atom stereocenters. The molecule has 1 aromatic heterocycles. The maximum atomic E-state index is 11.9. The molecule has 0 amide bonds. The van der Waals surface area contributed by atoms with Crippen molar-refractivity contribution < 1.29 is 0 Å². The zero-order valence-electron chi connectivity index (χ0n) is 8.68. The summed E-state index contributed by atoms with van der Waals surface area (Å²) in [5.41, 5.74) is 2.99. The van der Waals surface area contributed by atoms with Crippen molar-refractivity contribution in [3.63, 3.8) is 0 Å². The van der Waals surface area contributed by atoms with Gasteiger partial charge in [0.15, 0.2) is 0 Å². The van der Waals surface area contributed by atoms with Gasteiger partial charge < -0.3 is 0 Å². The van der Waals surface area contributed by atoms with Crippen LogP contribution in [0.2, 0.25) is 0 Å². The number of hydrogen-bond donors (Lipinski definition) is 1. The number of hydrogen-bond acceptors (Lipinski definition) is 4. The fraction of sp³-hybridized carbons (Fsp3) is 0.0833. The minimum atomic E-state index is -0.132. The molecule has 82 valence electrons. The molecule has 4 nitrogen and oxygen atoms in total. The Balaban J connectivity index is 2.03. The Hall–Kier alpha value is -1.88. The Labute approximate surface area is 101 Å². The van der Waals surface area contributed by atoms with Crippen molar-refractivity contribution in [3.8, 4) is 0 Å². The smallest absolute Gasteiger partial charge is 0.268 e. The van der Waals surface area contributed by atoms with Crippen LogP contribution in [-0.2, 0) is 0 Å². The van der Waals surface area contributed by atoms with Gasteiger partial charge in [-0.25, -0.2) is 5.10 Å². The molecule has 1 aromatic carbocycles. The zero-order chi connectivity index (χ0) is 11.4. The number of nitrogens with one attached hydrogen (secondary N) is 1. The van der Waals surface area contributed by atoms with Crippen LogP contribution >= 0.6 is 11.8 Å². The lowest BCUT2D eigenvalue weighted by molar-refractivity contribution is 0.749. The number of aromatic nitrogens is 3. The summed E-state index contributed by atoms with van der Waals surface area (Å²) in [5, 5.41) is 10.7. The van der Waals surface area contributed by atoms with Crippen LogP contribution in [0.4, 0.5) is 0 Å². The number of nitrogens with zero attached hydrogens (tertiary/aromatic N) is 2. The standard InChI is InChI=1S/C12H7N3OS/c16-11-10-9-7-4-2-1-3-6(7)5-8(9)17-12(10)14-15-13-11/h1-5,9H,(H,13,14,16). The number of rotatable bonds is 0. The quantitative estimate of drug-likeness (QED) is 0.763. The maximum Gasteiger partial charge on any atom is 0.272 e. The number of thioether (sulfide) groups is 1. The first-order valence-electron chi connectivity index (χ1n) is 5.28. The summed E-state index contributed by atoms with van der Waals surface area (Å²) in [5.74, 6) is 0.0606. The highest BCUT2D eigenvalue weighted by Crippen LogP contribution is 2.53. The van der Waals surface area contributed by atoms with Gasteiger partial charge in [0.1, 0.15) is 5.03 Å². The van der Waals surface area contributed by atoms with E-state index < -0.39 is 0 Å². The van der Waals surface area contributed by atoms with E-state index in [0.717, 1.165) is 10.6 Å². The fourth-order valence-corrected chi connectivity index (χ4v) is 3.62. The second-order valence-corrected chi connectivity index (χ2v) is 5.13. The Morgan fingerprint density at radius 3 is 3.12 bits per heavy atom. The highest BCUT2D eigenvalue weighted by atomic mass is 32.2. The Morgan fingerprint density at radius 2 is 2.18 bits per heavy atom. The van der Waals surface area contributed by atoms with E-state index in [1.165, 1.54) is 16.0 Å². The monoisotopic (exact) mass is 241 g/mol. The number of aromatic amines is 1. The number of allylic oxidation sites excluding steroid dienone is 1. The van der Waals surface area contributed by atoms with E-state index in [0.29, 0.717) is 0 Å². The Bertz CT molecular complexity index is 720. The zero-order valence-corrected chi connectivity index (χ0v) is 9.49. The molecule has 0 bridgehead atoms. The number of H-pyrrole nitrogens is 1. The van der Waals surface area contributed by atoms with Crippen molar-refractivity contribution in [1.29, 1.82) is 0 Å². The molecule has 0 radical (unpaired) electrons. The maximum absolute atomic E-state index is 11.9. The van der Waals surface area contributed by atoms with Crippen LogP contribution in [0.3, 0.4) is 0 Å². The summed E-state index contributed by atoms with van der Waals surface area (Å²) in [6, 6.07) is 8.15. The van der Waals surface area contributed by atoms with Crippen LogP contribution in [0.1, 0.15) is 22.6 Å². The molecule has 1 N–H and O–H groups in total. The number of fused-ring (bicyclic) bond motifs is 5. The lowest BCUT2D eigenvalue weighted by Crippen LogP contribution is -2.17. The molecule has 0 fully saturated rings. The fourth-order valence-electron chi connectivity index (χ4n) is 2.45. The van der Waals surface area contributed by atoms with E-state index in [-0.39, 0.29) is 11.5 Å². The molecule has 0 saturated heterocycles. The molecule has 2 aliphatic rings. The highest BCUT2D eigenvalue weighted by molar-refractivity contribution is 8.03. The number of benzene rings is 1. The molecule has 2 aromatic rings. The third-order valence-electron chi connectivity index (χ3n) is 3.16. The summed E-state index contributed by atoms with van der Waals surface area (Å²) in [6.07, 6.45) is 2.13. The van der Waals surface area contributed by atoms with Crippen molar-refractivity contribution in [1.82, 2.24) is 15.4 Å². The summed E-state index contributed by atoms with van der Waals surface area (Å²) in [4.78, 5) is 13.0. The lowest BCUT2D eigenvalue weighted by atomic mass is 9.95. The molecule has 4 rings (SSSR count). The van der Waals surface area contributed by atoms with E-state index in [9.17, 15) is 4.79 Å². The molecule has 17 heavy (non-hydrogen) atoms. The topological polar surface area (TPSA) is 58.6 Å². The molecular formula is C12H7N3OS. The van der Waals surface area contributed by atoms with Crippen LogP contribution in [0.5, 0.6) is 0 Å². The SMILES string of the molecule is O=c1[nH]nnc2c1C1C(=Cc3ccccc31)S2. The van der Waals surface area contributed by atoms with Gasteiger partial charge in [-0.15, -0.1) is 5.10 Å². The molecule has 1 aliphatic carbocycles. The van der Waals surface area contributed by atoms with E-state index in [2.05, 4.69) is 33.6 Å². The summed E-state index contributed by atoms with van der Waals surface area (Å²) in [6.45, 7) is 0. The van der Waals surface area contributed by atoms with E-state index >= 15 is 0 Å². The molecule has 1 aliphatic heterocycles. The van der Waals surface area contributed by atoms with Crippen molar-refractivity contribution in [2.24, 2.45) is 0 Å². The molecular weight excluding hydrogens is 234 g/mol. The highest BCUT2D eigenvalue weighted by Gasteiger charge is 2.38. The molecule has 0 saturated carbocycles. The molecule has 2 heterocycles. The van der Waals surface area contributed by atoms with Gasteiger partial charge in [-0.05, 0) is 17.2 Å². The Kier molecular flexibility index (Phi) is 1.66. The largest absolute Gasteiger partial charge is 0.272 e. The predicted octanol–water partition coefficient (Wildman–Crippen LogP) is 1.76. The van der Waals surface area contributed by atoms with Crippen LogP contribution in [0.25, 0.3) is 6.08 Å². The van der Waals surface area contributed by atoms with Crippen molar-refractivity contribution in [3.05, 3.63) is 56.2 Å². The van der Waals surface area contributed by atoms with Crippen LogP contribution < -0.4 is 5.56 Å². The van der Waals surface area contributed by atoms with Crippen LogP contribution in [0.15, 0.2) is 39.0 Å². The van der Waals surface area contributed by atoms with Gasteiger partial charge in [0.2, 0.25) is 0 Å². The van der Waals surface area contributed by atoms with Crippen LogP contribution in [-0.4, -0.2) is 15.4 Å². The predicted molar refractivity (Wildman–Crippen MR) is 64.8 cm³/mol. The first-order chi connectivity index (χ1) is 8.34. The van der Waals surface area contributed by atoms with E-state index in [1.807, 2.05) is 12.1 Å². The van der Waals surface area contributed by atoms with Crippen molar-refractivity contribution in [2.45, 2.75) is 10.9 Å². The van der Waals surface area contributed by atoms with Gasteiger partial charge in [0.25, 0.3) is 5.56 Å². The molecule has 1 atom stereocenters. The first kappa shape index (κ1) is 9.18. The summed E-state index contributed by atoms with van der Waals surface area (Å²) >= 11 is 1.54. The average Bonchev–Trinajstić information content (AvgIpc) is 2.84. The average molecular weight is 241 g/mol. The minimum Gasteiger partial charge on any atom is -0.268 e. The van der Waals surface area contributed by atoms with Gasteiger partial charge in [-0.1, -0.05) is 41.2 Å². The normalized spacial score (nSPS) is 19.5. The summed E-state index contributed by atoms with van der Waals surface area (Å²) in [7, 11) is 0. The van der Waals surface area contributed by atoms with Gasteiger partial charge in [-0.3, -0.25) is 4.79 Å². The second-order valence-electron chi connectivity index (χ2n) is 4.07. The van der Waals surface area contributed by atoms with Gasteiger partial charge in [0, 0.05) is 10.8 Å². The van der Waals surface area contributed by atoms with E-state index in [4.69, 9.17) is 0 Å². The van der Waals surface area contributed by atoms with Gasteiger partial charge in [0.05, 0.1) is 5.56 Å². The molecule has 0 spiro atoms. The third kappa shape index (κ3) is 1.12. The summed E-state index contributed by atoms with van der Waals surface area (Å²) < 4.78 is 0. The third-order valence-corrected chi connectivity index (χ3v) is 4.24. The lowest BCUT2D eigenvalue weighted by Gasteiger charge is -2.07. The van der Waals surface area contributed by atoms with Gasteiger partial charge >= 0.3 is 0 Å². The van der Waals surface area contributed by atoms with E-state index in [1.54, 1.807) is 11.8 Å².